The molecular formula is C8H8O8. The smallest absolute Gasteiger partial charge is 0.414 e. The highest BCUT2D eigenvalue weighted by Crippen LogP contribution is 1.76. The van der Waals surface area contributed by atoms with Gasteiger partial charge in [-0.2, -0.15) is 0 Å². The molecule has 0 aliphatic carbocycles. The minimum Gasteiger partial charge on any atom is -0.478 e. The summed E-state index contributed by atoms with van der Waals surface area (Å²) in [7, 11) is 0. The molecule has 8 heteroatoms. The van der Waals surface area contributed by atoms with E-state index in [0.29, 0.717) is 0 Å². The first-order chi connectivity index (χ1) is 7.27. The van der Waals surface area contributed by atoms with Crippen LogP contribution in [0.25, 0.3) is 0 Å². The largest absolute Gasteiger partial charge is 0.478 e. The van der Waals surface area contributed by atoms with Crippen LogP contribution >= 0.6 is 0 Å². The van der Waals surface area contributed by atoms with Gasteiger partial charge in [0.15, 0.2) is 0 Å². The van der Waals surface area contributed by atoms with E-state index in [1.54, 1.807) is 0 Å². The highest BCUT2D eigenvalue weighted by atomic mass is 16.4. The van der Waals surface area contributed by atoms with Crippen LogP contribution in [0.3, 0.4) is 0 Å². The van der Waals surface area contributed by atoms with Gasteiger partial charge in [-0.05, 0) is 0 Å². The first-order valence-corrected chi connectivity index (χ1v) is 3.54. The second-order valence-electron chi connectivity index (χ2n) is 2.01. The number of rotatable bonds is 3. The summed E-state index contributed by atoms with van der Waals surface area (Å²) >= 11 is 0. The van der Waals surface area contributed by atoms with E-state index >= 15 is 0 Å². The Morgan fingerprint density at radius 3 is 1.00 bits per heavy atom. The number of carbonyl (C=O) groups is 4. The van der Waals surface area contributed by atoms with Crippen molar-refractivity contribution in [1.29, 1.82) is 0 Å². The van der Waals surface area contributed by atoms with E-state index in [4.69, 9.17) is 30.0 Å². The Kier molecular flexibility index (Phi) is 8.83. The molecule has 0 unspecified atom stereocenters. The highest BCUT2D eigenvalue weighted by molar-refractivity contribution is 6.27. The van der Waals surface area contributed by atoms with Gasteiger partial charge in [-0.15, -0.1) is 0 Å². The molecule has 0 atom stereocenters. The van der Waals surface area contributed by atoms with Crippen LogP contribution in [0.4, 0.5) is 0 Å². The summed E-state index contributed by atoms with van der Waals surface area (Å²) in [5.74, 6) is -5.85. The molecule has 0 aromatic heterocycles. The number of hydrogen-bond donors (Lipinski definition) is 4. The third-order valence-corrected chi connectivity index (χ3v) is 0.772. The zero-order chi connectivity index (χ0) is 13.1. The normalized spacial score (nSPS) is 9.50. The SMILES string of the molecule is O=C(O)/C=C\C=C/C(=O)O.O=C(O)C(=O)O. The lowest BCUT2D eigenvalue weighted by Gasteiger charge is -1.75. The molecule has 0 aliphatic rings. The molecule has 88 valence electrons. The van der Waals surface area contributed by atoms with Crippen molar-refractivity contribution in [3.8, 4) is 0 Å². The zero-order valence-electron chi connectivity index (χ0n) is 7.73. The van der Waals surface area contributed by atoms with Gasteiger partial charge in [0.1, 0.15) is 0 Å². The molecule has 0 spiro atoms. The lowest BCUT2D eigenvalue weighted by Crippen LogP contribution is -2.09. The molecule has 0 fully saturated rings. The van der Waals surface area contributed by atoms with Crippen molar-refractivity contribution < 1.29 is 39.6 Å². The molecule has 0 radical (unpaired) electrons. The third-order valence-electron chi connectivity index (χ3n) is 0.772. The fraction of sp³-hybridized carbons (Fsp3) is 0. The quantitative estimate of drug-likeness (QED) is 0.287. The van der Waals surface area contributed by atoms with Crippen molar-refractivity contribution >= 4 is 23.9 Å². The number of aliphatic carboxylic acids is 4. The van der Waals surface area contributed by atoms with Crippen molar-refractivity contribution in [3.63, 3.8) is 0 Å². The summed E-state index contributed by atoms with van der Waals surface area (Å²) < 4.78 is 0. The molecule has 0 amide bonds. The first-order valence-electron chi connectivity index (χ1n) is 3.54. The molecule has 16 heavy (non-hydrogen) atoms. The number of allylic oxidation sites excluding steroid dienone is 2. The molecule has 0 saturated carbocycles. The van der Waals surface area contributed by atoms with Crippen LogP contribution < -0.4 is 0 Å². The maximum Gasteiger partial charge on any atom is 0.414 e. The summed E-state index contributed by atoms with van der Waals surface area (Å²) in [4.78, 5) is 37.8. The standard InChI is InChI=1S/C6H6O4.C2H2O4/c7-5(8)3-1-2-4-6(9)10;3-1(4)2(5)6/h1-4H,(H,7,8)(H,9,10);(H,3,4)(H,5,6)/b3-1-,4-2-;. The Labute approximate surface area is 88.7 Å². The lowest BCUT2D eigenvalue weighted by atomic mass is 10.4. The third kappa shape index (κ3) is 17.4. The van der Waals surface area contributed by atoms with Crippen LogP contribution in [0.2, 0.25) is 0 Å². The second kappa shape index (κ2) is 8.94. The Bertz CT molecular complexity index is 304. The van der Waals surface area contributed by atoms with E-state index < -0.39 is 23.9 Å². The minimum atomic E-state index is -1.82. The summed E-state index contributed by atoms with van der Waals surface area (Å²) in [5.41, 5.74) is 0. The summed E-state index contributed by atoms with van der Waals surface area (Å²) in [6.45, 7) is 0. The molecule has 4 N–H and O–H groups in total. The highest BCUT2D eigenvalue weighted by Gasteiger charge is 2.04. The van der Waals surface area contributed by atoms with Crippen LogP contribution in [0.1, 0.15) is 0 Å². The van der Waals surface area contributed by atoms with Crippen LogP contribution in [-0.4, -0.2) is 44.3 Å². The Balaban J connectivity index is 0. The number of hydrogen-bond acceptors (Lipinski definition) is 4. The molecule has 0 aromatic rings. The fourth-order valence-electron chi connectivity index (χ4n) is 0.276. The Morgan fingerprint density at radius 2 is 0.875 bits per heavy atom. The van der Waals surface area contributed by atoms with Crippen LogP contribution in [0.15, 0.2) is 24.3 Å². The molecule has 0 aliphatic heterocycles. The van der Waals surface area contributed by atoms with E-state index in [9.17, 15) is 9.59 Å². The van der Waals surface area contributed by atoms with E-state index in [1.807, 2.05) is 0 Å². The maximum atomic E-state index is 9.78. The van der Waals surface area contributed by atoms with Gasteiger partial charge in [0.25, 0.3) is 0 Å². The summed E-state index contributed by atoms with van der Waals surface area (Å²) in [5, 5.41) is 30.8. The van der Waals surface area contributed by atoms with Crippen molar-refractivity contribution in [2.24, 2.45) is 0 Å². The molecule has 0 aromatic carbocycles. The van der Waals surface area contributed by atoms with Gasteiger partial charge >= 0.3 is 23.9 Å². The van der Waals surface area contributed by atoms with Crippen molar-refractivity contribution in [2.75, 3.05) is 0 Å². The van der Waals surface area contributed by atoms with E-state index in [-0.39, 0.29) is 0 Å². The number of carboxylic acid groups (broad SMARTS) is 4. The Morgan fingerprint density at radius 1 is 0.625 bits per heavy atom. The van der Waals surface area contributed by atoms with Gasteiger partial charge in [0.05, 0.1) is 0 Å². The molecule has 0 heterocycles. The molecule has 0 saturated heterocycles. The lowest BCUT2D eigenvalue weighted by molar-refractivity contribution is -0.159. The van der Waals surface area contributed by atoms with E-state index in [1.165, 1.54) is 0 Å². The molecule has 0 bridgehead atoms. The molecule has 8 nitrogen and oxygen atoms in total. The van der Waals surface area contributed by atoms with Crippen molar-refractivity contribution in [1.82, 2.24) is 0 Å². The summed E-state index contributed by atoms with van der Waals surface area (Å²) in [6.07, 6.45) is 3.96. The predicted molar refractivity (Wildman–Crippen MR) is 48.8 cm³/mol. The first kappa shape index (κ1) is 15.8. The van der Waals surface area contributed by atoms with Gasteiger partial charge in [-0.3, -0.25) is 0 Å². The summed E-state index contributed by atoms with van der Waals surface area (Å²) in [6, 6.07) is 0. The van der Waals surface area contributed by atoms with Crippen molar-refractivity contribution in [2.45, 2.75) is 0 Å². The zero-order valence-corrected chi connectivity index (χ0v) is 7.73. The van der Waals surface area contributed by atoms with Crippen LogP contribution in [0, 0.1) is 0 Å². The number of carboxylic acids is 4. The van der Waals surface area contributed by atoms with Gasteiger partial charge in [0, 0.05) is 12.2 Å². The average molecular weight is 232 g/mol. The molecule has 0 rings (SSSR count). The second-order valence-corrected chi connectivity index (χ2v) is 2.01. The van der Waals surface area contributed by atoms with E-state index in [0.717, 1.165) is 24.3 Å². The van der Waals surface area contributed by atoms with Crippen molar-refractivity contribution in [3.05, 3.63) is 24.3 Å². The Hall–Kier alpha value is -2.64. The van der Waals surface area contributed by atoms with Gasteiger partial charge < -0.3 is 20.4 Å². The monoisotopic (exact) mass is 232 g/mol. The maximum absolute atomic E-state index is 9.78. The molecular weight excluding hydrogens is 224 g/mol. The predicted octanol–water partition coefficient (Wildman–Crippen LogP) is -0.576. The van der Waals surface area contributed by atoms with Gasteiger partial charge in [-0.1, -0.05) is 12.2 Å². The average Bonchev–Trinajstić information content (AvgIpc) is 2.12. The fourth-order valence-corrected chi connectivity index (χ4v) is 0.276. The van der Waals surface area contributed by atoms with Crippen LogP contribution in [0.5, 0.6) is 0 Å². The van der Waals surface area contributed by atoms with Crippen LogP contribution in [-0.2, 0) is 19.2 Å². The van der Waals surface area contributed by atoms with Gasteiger partial charge in [0.2, 0.25) is 0 Å². The topological polar surface area (TPSA) is 149 Å². The van der Waals surface area contributed by atoms with E-state index in [2.05, 4.69) is 0 Å². The van der Waals surface area contributed by atoms with Gasteiger partial charge in [-0.25, -0.2) is 19.2 Å². The minimum absolute atomic E-state index is 0.847.